The molecule has 6 heteroatoms. The fourth-order valence-corrected chi connectivity index (χ4v) is 3.66. The zero-order valence-electron chi connectivity index (χ0n) is 16.3. The molecule has 1 saturated heterocycles. The molecule has 1 aromatic carbocycles. The molecule has 27 heavy (non-hydrogen) atoms. The highest BCUT2D eigenvalue weighted by Gasteiger charge is 2.36. The molecule has 1 aliphatic heterocycles. The summed E-state index contributed by atoms with van der Waals surface area (Å²) in [4.78, 5) is 27.2. The highest BCUT2D eigenvalue weighted by atomic mass is 35.5. The summed E-state index contributed by atoms with van der Waals surface area (Å²) in [6.07, 6.45) is 4.71. The lowest BCUT2D eigenvalue weighted by Crippen LogP contribution is -2.61. The Hall–Kier alpha value is -1.52. The van der Waals surface area contributed by atoms with E-state index in [1.165, 1.54) is 6.08 Å². The monoisotopic (exact) mass is 410 g/mol. The largest absolute Gasteiger partial charge is 0.350 e. The van der Waals surface area contributed by atoms with E-state index in [0.29, 0.717) is 34.8 Å². The minimum Gasteiger partial charge on any atom is -0.350 e. The van der Waals surface area contributed by atoms with Gasteiger partial charge in [-0.1, -0.05) is 57.0 Å². The van der Waals surface area contributed by atoms with Crippen molar-refractivity contribution in [2.45, 2.75) is 52.6 Å². The predicted octanol–water partition coefficient (Wildman–Crippen LogP) is 4.79. The first-order valence-corrected chi connectivity index (χ1v) is 10.2. The molecule has 4 nitrogen and oxygen atoms in total. The lowest BCUT2D eigenvalue weighted by molar-refractivity contribution is -0.142. The van der Waals surface area contributed by atoms with Gasteiger partial charge in [0.15, 0.2) is 0 Å². The van der Waals surface area contributed by atoms with Crippen LogP contribution in [0.15, 0.2) is 24.3 Å². The summed E-state index contributed by atoms with van der Waals surface area (Å²) in [6, 6.07) is 4.77. The molecule has 0 saturated carbocycles. The Morgan fingerprint density at radius 1 is 1.19 bits per heavy atom. The van der Waals surface area contributed by atoms with Gasteiger partial charge in [0.1, 0.15) is 6.04 Å². The Morgan fingerprint density at radius 3 is 2.44 bits per heavy atom. The van der Waals surface area contributed by atoms with Gasteiger partial charge in [-0.2, -0.15) is 0 Å². The van der Waals surface area contributed by atoms with Gasteiger partial charge in [-0.15, -0.1) is 0 Å². The Kier molecular flexibility index (Phi) is 7.75. The van der Waals surface area contributed by atoms with E-state index in [4.69, 9.17) is 23.2 Å². The molecule has 1 aliphatic rings. The number of hydrogen-bond donors (Lipinski definition) is 1. The van der Waals surface area contributed by atoms with E-state index in [0.717, 1.165) is 12.0 Å². The van der Waals surface area contributed by atoms with E-state index in [1.54, 1.807) is 29.2 Å². The molecule has 1 fully saturated rings. The van der Waals surface area contributed by atoms with Crippen molar-refractivity contribution < 1.29 is 9.59 Å². The van der Waals surface area contributed by atoms with Crippen LogP contribution in [-0.2, 0) is 9.59 Å². The van der Waals surface area contributed by atoms with Gasteiger partial charge in [0, 0.05) is 18.7 Å². The van der Waals surface area contributed by atoms with Gasteiger partial charge in [0.2, 0.25) is 11.8 Å². The molecule has 0 spiro atoms. The van der Waals surface area contributed by atoms with Crippen LogP contribution in [0.1, 0.15) is 46.1 Å². The zero-order chi connectivity index (χ0) is 20.1. The summed E-state index contributed by atoms with van der Waals surface area (Å²) in [7, 11) is 0. The molecule has 1 N–H and O–H groups in total. The van der Waals surface area contributed by atoms with Gasteiger partial charge in [-0.3, -0.25) is 9.59 Å². The predicted molar refractivity (Wildman–Crippen MR) is 112 cm³/mol. The second-order valence-corrected chi connectivity index (χ2v) is 8.79. The van der Waals surface area contributed by atoms with Gasteiger partial charge in [-0.05, 0) is 48.4 Å². The lowest BCUT2D eigenvalue weighted by Gasteiger charge is -2.40. The van der Waals surface area contributed by atoms with Gasteiger partial charge < -0.3 is 10.2 Å². The highest BCUT2D eigenvalue weighted by Crippen LogP contribution is 2.24. The maximum absolute atomic E-state index is 12.9. The normalized spacial score (nSPS) is 20.6. The quantitative estimate of drug-likeness (QED) is 0.684. The number of amides is 2. The average molecular weight is 411 g/mol. The van der Waals surface area contributed by atoms with Gasteiger partial charge >= 0.3 is 0 Å². The highest BCUT2D eigenvalue weighted by molar-refractivity contribution is 6.42. The van der Waals surface area contributed by atoms with Crippen LogP contribution in [0.2, 0.25) is 10.0 Å². The van der Waals surface area contributed by atoms with Crippen LogP contribution < -0.4 is 5.32 Å². The molecule has 2 atom stereocenters. The van der Waals surface area contributed by atoms with Crippen molar-refractivity contribution in [1.29, 1.82) is 0 Å². The van der Waals surface area contributed by atoms with Crippen molar-refractivity contribution >= 4 is 41.1 Å². The maximum atomic E-state index is 12.9. The third-order valence-electron chi connectivity index (χ3n) is 4.54. The third-order valence-corrected chi connectivity index (χ3v) is 5.28. The molecule has 1 heterocycles. The van der Waals surface area contributed by atoms with Gasteiger partial charge in [0.25, 0.3) is 0 Å². The number of rotatable bonds is 6. The molecule has 1 aromatic rings. The Labute approximate surface area is 171 Å². The SMILES string of the molecule is CC(C)CC1CN(C(=O)C=Cc2ccc(Cl)c(Cl)c2)C(CC(C)C)C(=O)N1. The van der Waals surface area contributed by atoms with E-state index in [1.807, 2.05) is 0 Å². The number of nitrogens with zero attached hydrogens (tertiary/aromatic N) is 1. The average Bonchev–Trinajstić information content (AvgIpc) is 2.57. The first-order chi connectivity index (χ1) is 12.7. The maximum Gasteiger partial charge on any atom is 0.247 e. The lowest BCUT2D eigenvalue weighted by atomic mass is 9.95. The molecular formula is C21H28Cl2N2O2. The Morgan fingerprint density at radius 2 is 1.85 bits per heavy atom. The van der Waals surface area contributed by atoms with Crippen molar-refractivity contribution in [2.75, 3.05) is 6.54 Å². The molecule has 0 aromatic heterocycles. The van der Waals surface area contributed by atoms with E-state index in [2.05, 4.69) is 33.0 Å². The van der Waals surface area contributed by atoms with Crippen molar-refractivity contribution in [3.05, 3.63) is 39.9 Å². The van der Waals surface area contributed by atoms with Crippen LogP contribution in [-0.4, -0.2) is 35.3 Å². The summed E-state index contributed by atoms with van der Waals surface area (Å²) in [5, 5.41) is 4.00. The van der Waals surface area contributed by atoms with Crippen LogP contribution in [0.25, 0.3) is 6.08 Å². The van der Waals surface area contributed by atoms with E-state index in [9.17, 15) is 9.59 Å². The molecule has 0 aliphatic carbocycles. The fourth-order valence-electron chi connectivity index (χ4n) is 3.36. The summed E-state index contributed by atoms with van der Waals surface area (Å²) >= 11 is 12.0. The molecule has 0 bridgehead atoms. The van der Waals surface area contributed by atoms with Crippen molar-refractivity contribution in [1.82, 2.24) is 10.2 Å². The molecule has 2 rings (SSSR count). The van der Waals surface area contributed by atoms with Crippen LogP contribution in [0.4, 0.5) is 0 Å². The van der Waals surface area contributed by atoms with Gasteiger partial charge in [-0.25, -0.2) is 0 Å². The second-order valence-electron chi connectivity index (χ2n) is 7.98. The minimum absolute atomic E-state index is 0.0109. The van der Waals surface area contributed by atoms with Crippen molar-refractivity contribution in [3.63, 3.8) is 0 Å². The summed E-state index contributed by atoms with van der Waals surface area (Å²) in [5.41, 5.74) is 0.790. The number of halogens is 2. The van der Waals surface area contributed by atoms with Crippen molar-refractivity contribution in [2.24, 2.45) is 11.8 Å². The van der Waals surface area contributed by atoms with Crippen LogP contribution >= 0.6 is 23.2 Å². The molecule has 148 valence electrons. The minimum atomic E-state index is -0.431. The smallest absolute Gasteiger partial charge is 0.247 e. The summed E-state index contributed by atoms with van der Waals surface area (Å²) < 4.78 is 0. The molecule has 0 radical (unpaired) electrons. The van der Waals surface area contributed by atoms with Crippen molar-refractivity contribution in [3.8, 4) is 0 Å². The molecule has 2 unspecified atom stereocenters. The third kappa shape index (κ3) is 6.25. The van der Waals surface area contributed by atoms with E-state index >= 15 is 0 Å². The number of carbonyl (C=O) groups is 2. The number of hydrogen-bond acceptors (Lipinski definition) is 2. The fraction of sp³-hybridized carbons (Fsp3) is 0.524. The number of piperazine rings is 1. The first-order valence-electron chi connectivity index (χ1n) is 9.41. The Balaban J connectivity index is 2.19. The number of benzene rings is 1. The van der Waals surface area contributed by atoms with Crippen LogP contribution in [0, 0.1) is 11.8 Å². The standard InChI is InChI=1S/C21H28Cl2N2O2/c1-13(2)9-16-12-25(19(10-14(3)4)21(27)24-16)20(26)8-6-15-5-7-17(22)18(23)11-15/h5-8,11,13-14,16,19H,9-10,12H2,1-4H3,(H,24,27). The molecular weight excluding hydrogens is 383 g/mol. The summed E-state index contributed by atoms with van der Waals surface area (Å²) in [5.74, 6) is 0.546. The second kappa shape index (κ2) is 9.61. The van der Waals surface area contributed by atoms with E-state index < -0.39 is 6.04 Å². The first kappa shape index (κ1) is 21.8. The molecule has 2 amide bonds. The van der Waals surface area contributed by atoms with Crippen LogP contribution in [0.3, 0.4) is 0 Å². The van der Waals surface area contributed by atoms with Crippen LogP contribution in [0.5, 0.6) is 0 Å². The van der Waals surface area contributed by atoms with E-state index in [-0.39, 0.29) is 17.9 Å². The van der Waals surface area contributed by atoms with Gasteiger partial charge in [0.05, 0.1) is 10.0 Å². The zero-order valence-corrected chi connectivity index (χ0v) is 17.8. The topological polar surface area (TPSA) is 49.4 Å². The number of nitrogens with one attached hydrogen (secondary N) is 1. The Bertz CT molecular complexity index is 716. The summed E-state index contributed by atoms with van der Waals surface area (Å²) in [6.45, 7) is 8.88. The number of carbonyl (C=O) groups excluding carboxylic acids is 2.